The number of rotatable bonds is 7. The Balaban J connectivity index is 1.53. The van der Waals surface area contributed by atoms with E-state index < -0.39 is 24.0 Å². The largest absolute Gasteiger partial charge is 0.480 e. The summed E-state index contributed by atoms with van der Waals surface area (Å²) in [5.41, 5.74) is 0.769. The fourth-order valence-electron chi connectivity index (χ4n) is 3.35. The molecule has 1 aromatic heterocycles. The maximum atomic E-state index is 14.2. The fourth-order valence-corrected chi connectivity index (χ4v) is 4.47. The van der Waals surface area contributed by atoms with Crippen molar-refractivity contribution in [2.45, 2.75) is 12.2 Å². The zero-order valence-corrected chi connectivity index (χ0v) is 19.9. The summed E-state index contributed by atoms with van der Waals surface area (Å²) in [7, 11) is 1.21. The number of benzene rings is 2. The number of esters is 1. The predicted molar refractivity (Wildman–Crippen MR) is 134 cm³/mol. The topological polar surface area (TPSA) is 101 Å². The van der Waals surface area contributed by atoms with Crippen LogP contribution >= 0.6 is 11.8 Å². The Kier molecular flexibility index (Phi) is 8.13. The third kappa shape index (κ3) is 5.80. The molecule has 4 rings (SSSR count). The first kappa shape index (κ1) is 25.1. The molecule has 1 aliphatic rings. The first-order valence-electron chi connectivity index (χ1n) is 10.8. The zero-order valence-electron chi connectivity index (χ0n) is 19.1. The van der Waals surface area contributed by atoms with Gasteiger partial charge in [0.25, 0.3) is 0 Å². The van der Waals surface area contributed by atoms with Gasteiger partial charge in [-0.25, -0.2) is 9.18 Å². The van der Waals surface area contributed by atoms with Crippen molar-refractivity contribution < 1.29 is 33.3 Å². The Hall–Kier alpha value is -3.97. The number of halogens is 1. The van der Waals surface area contributed by atoms with Gasteiger partial charge in [-0.15, -0.1) is 0 Å². The molecule has 1 aliphatic heterocycles. The number of aliphatic hydroxyl groups excluding tert-OH is 2. The van der Waals surface area contributed by atoms with Gasteiger partial charge in [0.2, 0.25) is 0 Å². The van der Waals surface area contributed by atoms with Crippen molar-refractivity contribution in [2.75, 3.05) is 19.0 Å². The van der Waals surface area contributed by atoms with Crippen molar-refractivity contribution in [1.82, 2.24) is 0 Å². The molecule has 36 heavy (non-hydrogen) atoms. The SMILES string of the molecule is COC(=O)C1=C(Nc2ccccc2F)S/C(=C\c2ccccc2OCC#CC(O)c2ccco2)C1O. The molecule has 0 saturated carbocycles. The van der Waals surface area contributed by atoms with E-state index in [2.05, 4.69) is 17.2 Å². The fraction of sp³-hybridized carbons (Fsp3) is 0.148. The maximum Gasteiger partial charge on any atom is 0.339 e. The number of hydrogen-bond donors (Lipinski definition) is 3. The van der Waals surface area contributed by atoms with Gasteiger partial charge in [-0.3, -0.25) is 0 Å². The van der Waals surface area contributed by atoms with Crippen LogP contribution in [0.3, 0.4) is 0 Å². The number of ether oxygens (including phenoxy) is 2. The molecule has 184 valence electrons. The van der Waals surface area contributed by atoms with Crippen LogP contribution < -0.4 is 10.1 Å². The van der Waals surface area contributed by atoms with Gasteiger partial charge >= 0.3 is 5.97 Å². The van der Waals surface area contributed by atoms with Crippen LogP contribution in [0.15, 0.2) is 86.9 Å². The summed E-state index contributed by atoms with van der Waals surface area (Å²) >= 11 is 1.09. The number of methoxy groups -OCH3 is 1. The summed E-state index contributed by atoms with van der Waals surface area (Å²) in [5.74, 6) is 4.98. The average Bonchev–Trinajstić information content (AvgIpc) is 3.52. The van der Waals surface area contributed by atoms with Crippen LogP contribution in [0.2, 0.25) is 0 Å². The lowest BCUT2D eigenvalue weighted by atomic mass is 10.1. The number of hydrogen-bond acceptors (Lipinski definition) is 8. The highest BCUT2D eigenvalue weighted by Crippen LogP contribution is 2.43. The molecule has 2 atom stereocenters. The minimum atomic E-state index is -1.28. The monoisotopic (exact) mass is 507 g/mol. The summed E-state index contributed by atoms with van der Waals surface area (Å²) in [6, 6.07) is 16.4. The summed E-state index contributed by atoms with van der Waals surface area (Å²) < 4.78 is 29.9. The molecule has 2 aromatic carbocycles. The lowest BCUT2D eigenvalue weighted by molar-refractivity contribution is -0.136. The first-order valence-corrected chi connectivity index (χ1v) is 11.6. The van der Waals surface area contributed by atoms with Crippen LogP contribution in [-0.2, 0) is 9.53 Å². The molecule has 3 aromatic rings. The standard InChI is InChI=1S/C27H22FNO6S/c1-33-27(32)24-25(31)23(36-26(24)29-19-10-4-3-9-18(19)28)16-17-8-2-5-12-21(17)34-14-6-11-20(30)22-13-7-15-35-22/h2-5,7-10,12-13,15-16,20,25,29-31H,14H2,1H3/b23-16-. The van der Waals surface area contributed by atoms with Crippen LogP contribution in [0.5, 0.6) is 5.75 Å². The number of anilines is 1. The minimum Gasteiger partial charge on any atom is -0.480 e. The van der Waals surface area contributed by atoms with Crippen LogP contribution in [0.25, 0.3) is 6.08 Å². The van der Waals surface area contributed by atoms with Crippen LogP contribution in [0.4, 0.5) is 10.1 Å². The Bertz CT molecular complexity index is 1360. The Labute approximate surface area is 211 Å². The van der Waals surface area contributed by atoms with E-state index in [0.29, 0.717) is 22.0 Å². The van der Waals surface area contributed by atoms with E-state index >= 15 is 0 Å². The molecule has 2 heterocycles. The summed E-state index contributed by atoms with van der Waals surface area (Å²) in [5, 5.41) is 24.0. The zero-order chi connectivity index (χ0) is 25.5. The molecule has 0 aliphatic carbocycles. The van der Waals surface area contributed by atoms with Gasteiger partial charge in [0.15, 0.2) is 6.10 Å². The smallest absolute Gasteiger partial charge is 0.339 e. The van der Waals surface area contributed by atoms with E-state index in [1.165, 1.54) is 25.5 Å². The molecule has 7 nitrogen and oxygen atoms in total. The highest BCUT2D eigenvalue weighted by atomic mass is 32.2. The molecule has 2 unspecified atom stereocenters. The van der Waals surface area contributed by atoms with Gasteiger partial charge in [0, 0.05) is 10.5 Å². The molecule has 0 amide bonds. The number of thioether (sulfide) groups is 1. The number of carbonyl (C=O) groups excluding carboxylic acids is 1. The molecule has 0 fully saturated rings. The highest BCUT2D eigenvalue weighted by Gasteiger charge is 2.35. The molecule has 3 N–H and O–H groups in total. The molecule has 9 heteroatoms. The molecule has 0 saturated heterocycles. The molecular weight excluding hydrogens is 485 g/mol. The quantitative estimate of drug-likeness (QED) is 0.318. The van der Waals surface area contributed by atoms with Crippen LogP contribution in [-0.4, -0.2) is 36.0 Å². The third-order valence-corrected chi connectivity index (χ3v) is 6.21. The molecule has 0 bridgehead atoms. The van der Waals surface area contributed by atoms with Crippen LogP contribution in [0.1, 0.15) is 17.4 Å². The van der Waals surface area contributed by atoms with Gasteiger partial charge in [-0.1, -0.05) is 53.9 Å². The lowest BCUT2D eigenvalue weighted by Crippen LogP contribution is -2.18. The Morgan fingerprint density at radius 1 is 1.22 bits per heavy atom. The highest BCUT2D eigenvalue weighted by molar-refractivity contribution is 8.07. The lowest BCUT2D eigenvalue weighted by Gasteiger charge is -2.10. The number of furan rings is 1. The van der Waals surface area contributed by atoms with E-state index in [-0.39, 0.29) is 22.9 Å². The van der Waals surface area contributed by atoms with E-state index in [0.717, 1.165) is 11.8 Å². The van der Waals surface area contributed by atoms with Gasteiger partial charge in [-0.05, 0) is 36.4 Å². The second-order valence-electron chi connectivity index (χ2n) is 7.46. The summed E-state index contributed by atoms with van der Waals surface area (Å²) in [6.45, 7) is -0.000593. The Morgan fingerprint density at radius 2 is 2.00 bits per heavy atom. The van der Waals surface area contributed by atoms with E-state index in [1.54, 1.807) is 54.6 Å². The number of nitrogens with one attached hydrogen (secondary N) is 1. The first-order chi connectivity index (χ1) is 17.5. The molecular formula is C27H22FNO6S. The second-order valence-corrected chi connectivity index (χ2v) is 8.54. The van der Waals surface area contributed by atoms with E-state index in [4.69, 9.17) is 13.9 Å². The van der Waals surface area contributed by atoms with Crippen molar-refractivity contribution >= 4 is 29.5 Å². The molecule has 0 radical (unpaired) electrons. The van der Waals surface area contributed by atoms with Crippen LogP contribution in [0, 0.1) is 17.7 Å². The maximum absolute atomic E-state index is 14.2. The van der Waals surface area contributed by atoms with E-state index in [9.17, 15) is 19.4 Å². The van der Waals surface area contributed by atoms with Gasteiger partial charge in [-0.2, -0.15) is 0 Å². The number of aliphatic hydroxyl groups is 2. The normalized spacial score (nSPS) is 16.9. The average molecular weight is 508 g/mol. The molecule has 0 spiro atoms. The minimum absolute atomic E-state index is 0.000593. The predicted octanol–water partition coefficient (Wildman–Crippen LogP) is 4.48. The van der Waals surface area contributed by atoms with Gasteiger partial charge < -0.3 is 29.4 Å². The van der Waals surface area contributed by atoms with Gasteiger partial charge in [0.05, 0.1) is 24.1 Å². The van der Waals surface area contributed by atoms with E-state index in [1.807, 2.05) is 0 Å². The number of para-hydroxylation sites is 2. The van der Waals surface area contributed by atoms with Crippen molar-refractivity contribution in [2.24, 2.45) is 0 Å². The van der Waals surface area contributed by atoms with Crippen molar-refractivity contribution in [3.05, 3.63) is 99.6 Å². The summed E-state index contributed by atoms with van der Waals surface area (Å²) in [4.78, 5) is 12.8. The number of carbonyl (C=O) groups is 1. The second kappa shape index (κ2) is 11.6. The Morgan fingerprint density at radius 3 is 2.75 bits per heavy atom. The van der Waals surface area contributed by atoms with Gasteiger partial charge in [0.1, 0.15) is 35.6 Å². The van der Waals surface area contributed by atoms with Crippen molar-refractivity contribution in [3.8, 4) is 17.6 Å². The van der Waals surface area contributed by atoms with Crippen molar-refractivity contribution in [3.63, 3.8) is 0 Å². The third-order valence-electron chi connectivity index (χ3n) is 5.10. The summed E-state index contributed by atoms with van der Waals surface area (Å²) in [6.07, 6.45) is 0.782. The van der Waals surface area contributed by atoms with Crippen molar-refractivity contribution in [1.29, 1.82) is 0 Å².